The Labute approximate surface area is 157 Å². The quantitative estimate of drug-likeness (QED) is 0.762. The lowest BCUT2D eigenvalue weighted by atomic mass is 9.87. The molecule has 0 atom stereocenters. The van der Waals surface area contributed by atoms with Crippen molar-refractivity contribution in [3.63, 3.8) is 0 Å². The van der Waals surface area contributed by atoms with Crippen LogP contribution in [0.2, 0.25) is 0 Å². The fraction of sp³-hybridized carbons (Fsp3) is 0.450. The zero-order valence-electron chi connectivity index (χ0n) is 15.0. The predicted octanol–water partition coefficient (Wildman–Crippen LogP) is 4.43. The van der Waals surface area contributed by atoms with E-state index in [9.17, 15) is 9.59 Å². The van der Waals surface area contributed by atoms with Crippen LogP contribution in [0.1, 0.15) is 43.4 Å². The Morgan fingerprint density at radius 3 is 2.62 bits per heavy atom. The molecule has 3 rings (SSSR count). The lowest BCUT2D eigenvalue weighted by Crippen LogP contribution is -2.18. The fourth-order valence-corrected chi connectivity index (χ4v) is 4.36. The Morgan fingerprint density at radius 1 is 1.19 bits per heavy atom. The first-order chi connectivity index (χ1) is 12.7. The van der Waals surface area contributed by atoms with Crippen molar-refractivity contribution >= 4 is 28.3 Å². The lowest BCUT2D eigenvalue weighted by Gasteiger charge is -2.20. The minimum atomic E-state index is -0.314. The zero-order valence-corrected chi connectivity index (χ0v) is 15.8. The van der Waals surface area contributed by atoms with Gasteiger partial charge in [-0.1, -0.05) is 49.6 Å². The van der Waals surface area contributed by atoms with E-state index >= 15 is 0 Å². The van der Waals surface area contributed by atoms with Gasteiger partial charge in [-0.3, -0.25) is 9.59 Å². The summed E-state index contributed by atoms with van der Waals surface area (Å²) in [5, 5.41) is 3.47. The minimum absolute atomic E-state index is 0.00915. The molecule has 1 fully saturated rings. The van der Waals surface area contributed by atoms with Crippen LogP contribution in [0, 0.1) is 5.92 Å². The minimum Gasteiger partial charge on any atom is -0.469 e. The van der Waals surface area contributed by atoms with Crippen LogP contribution in [0.15, 0.2) is 30.3 Å². The first-order valence-electron chi connectivity index (χ1n) is 9.07. The first kappa shape index (κ1) is 18.6. The molecule has 0 bridgehead atoms. The fourth-order valence-electron chi connectivity index (χ4n) is 3.37. The maximum absolute atomic E-state index is 12.4. The van der Waals surface area contributed by atoms with Crippen molar-refractivity contribution in [3.05, 3.63) is 35.2 Å². The Kier molecular flexibility index (Phi) is 6.39. The van der Waals surface area contributed by atoms with E-state index in [0.29, 0.717) is 17.5 Å². The highest BCUT2D eigenvalue weighted by Crippen LogP contribution is 2.32. The molecule has 1 saturated carbocycles. The molecule has 0 unspecified atom stereocenters. The first-order valence-corrected chi connectivity index (χ1v) is 9.89. The number of benzene rings is 1. The van der Waals surface area contributed by atoms with E-state index < -0.39 is 0 Å². The number of esters is 1. The molecule has 1 aromatic carbocycles. The van der Waals surface area contributed by atoms with Gasteiger partial charge in [0, 0.05) is 16.9 Å². The number of anilines is 1. The number of ether oxygens (including phenoxy) is 1. The van der Waals surface area contributed by atoms with Crippen molar-refractivity contribution in [2.75, 3.05) is 12.4 Å². The third-order valence-electron chi connectivity index (χ3n) is 4.72. The molecule has 1 aliphatic rings. The Balaban J connectivity index is 1.74. The number of carbonyl (C=O) groups excluding carboxylic acids is 2. The van der Waals surface area contributed by atoms with Crippen molar-refractivity contribution in [2.24, 2.45) is 5.92 Å². The van der Waals surface area contributed by atoms with Crippen LogP contribution >= 0.6 is 11.3 Å². The van der Waals surface area contributed by atoms with Gasteiger partial charge in [0.05, 0.1) is 19.2 Å². The van der Waals surface area contributed by atoms with Crippen LogP contribution in [0.5, 0.6) is 0 Å². The van der Waals surface area contributed by atoms with Gasteiger partial charge in [0.1, 0.15) is 0 Å². The van der Waals surface area contributed by atoms with Gasteiger partial charge in [0.25, 0.3) is 0 Å². The van der Waals surface area contributed by atoms with Crippen molar-refractivity contribution in [1.82, 2.24) is 4.98 Å². The number of carbonyl (C=O) groups is 2. The number of nitrogens with zero attached hydrogens (tertiary/aromatic N) is 1. The van der Waals surface area contributed by atoms with Crippen LogP contribution < -0.4 is 5.32 Å². The Bertz CT molecular complexity index is 752. The van der Waals surface area contributed by atoms with Gasteiger partial charge in [-0.2, -0.15) is 0 Å². The molecule has 0 spiro atoms. The van der Waals surface area contributed by atoms with E-state index in [0.717, 1.165) is 29.0 Å². The summed E-state index contributed by atoms with van der Waals surface area (Å²) in [6, 6.07) is 9.69. The second kappa shape index (κ2) is 8.94. The van der Waals surface area contributed by atoms with Crippen molar-refractivity contribution < 1.29 is 14.3 Å². The molecular formula is C20H24N2O3S. The largest absolute Gasteiger partial charge is 0.469 e. The Hall–Kier alpha value is -2.21. The summed E-state index contributed by atoms with van der Waals surface area (Å²) < 4.78 is 4.79. The van der Waals surface area contributed by atoms with Crippen LogP contribution in [-0.2, 0) is 20.7 Å². The SMILES string of the molecule is COC(=O)Cc1sc(NC(=O)CC2CCCCC2)nc1-c1ccccc1. The topological polar surface area (TPSA) is 68.3 Å². The van der Waals surface area contributed by atoms with Crippen LogP contribution in [-0.4, -0.2) is 24.0 Å². The molecule has 0 radical (unpaired) electrons. The molecule has 1 aromatic heterocycles. The standard InChI is InChI=1S/C20H24N2O3S/c1-25-18(24)13-16-19(15-10-6-3-7-11-15)22-20(26-16)21-17(23)12-14-8-4-2-5-9-14/h3,6-7,10-11,14H,2,4-5,8-9,12-13H2,1H3,(H,21,22,23). The number of rotatable bonds is 6. The van der Waals surface area contributed by atoms with Gasteiger partial charge in [-0.15, -0.1) is 11.3 Å². The molecular weight excluding hydrogens is 348 g/mol. The van der Waals surface area contributed by atoms with Gasteiger partial charge >= 0.3 is 5.97 Å². The molecule has 0 saturated heterocycles. The molecule has 1 heterocycles. The number of hydrogen-bond acceptors (Lipinski definition) is 5. The summed E-state index contributed by atoms with van der Waals surface area (Å²) in [4.78, 5) is 29.5. The smallest absolute Gasteiger partial charge is 0.310 e. The number of amides is 1. The molecule has 6 heteroatoms. The number of methoxy groups -OCH3 is 1. The third kappa shape index (κ3) is 4.91. The van der Waals surface area contributed by atoms with Crippen molar-refractivity contribution in [1.29, 1.82) is 0 Å². The zero-order chi connectivity index (χ0) is 18.4. The van der Waals surface area contributed by atoms with Crippen molar-refractivity contribution in [2.45, 2.75) is 44.9 Å². The van der Waals surface area contributed by atoms with Crippen LogP contribution in [0.25, 0.3) is 11.3 Å². The molecule has 1 N–H and O–H groups in total. The summed E-state index contributed by atoms with van der Waals surface area (Å²) in [6.07, 6.45) is 6.68. The summed E-state index contributed by atoms with van der Waals surface area (Å²) in [6.45, 7) is 0. The average molecular weight is 372 g/mol. The predicted molar refractivity (Wildman–Crippen MR) is 103 cm³/mol. The number of hydrogen-bond donors (Lipinski definition) is 1. The van der Waals surface area contributed by atoms with E-state index in [1.54, 1.807) is 0 Å². The van der Waals surface area contributed by atoms with Gasteiger partial charge in [-0.05, 0) is 18.8 Å². The van der Waals surface area contributed by atoms with Crippen LogP contribution in [0.3, 0.4) is 0 Å². The van der Waals surface area contributed by atoms with Crippen molar-refractivity contribution in [3.8, 4) is 11.3 Å². The summed E-state index contributed by atoms with van der Waals surface area (Å²) in [5.41, 5.74) is 1.66. The molecule has 26 heavy (non-hydrogen) atoms. The lowest BCUT2D eigenvalue weighted by molar-refractivity contribution is -0.139. The Morgan fingerprint density at radius 2 is 1.92 bits per heavy atom. The molecule has 1 aliphatic carbocycles. The van der Waals surface area contributed by atoms with E-state index in [4.69, 9.17) is 4.74 Å². The van der Waals surface area contributed by atoms with E-state index in [2.05, 4.69) is 10.3 Å². The second-order valence-corrected chi connectivity index (χ2v) is 7.75. The summed E-state index contributed by atoms with van der Waals surface area (Å²) in [5.74, 6) is 0.174. The van der Waals surface area contributed by atoms with Gasteiger partial charge in [0.15, 0.2) is 5.13 Å². The van der Waals surface area contributed by atoms with Gasteiger partial charge in [0.2, 0.25) is 5.91 Å². The molecule has 138 valence electrons. The molecule has 0 aliphatic heterocycles. The highest BCUT2D eigenvalue weighted by molar-refractivity contribution is 7.16. The molecule has 5 nitrogen and oxygen atoms in total. The van der Waals surface area contributed by atoms with Crippen LogP contribution in [0.4, 0.5) is 5.13 Å². The number of aromatic nitrogens is 1. The number of thiazole rings is 1. The highest BCUT2D eigenvalue weighted by atomic mass is 32.1. The second-order valence-electron chi connectivity index (χ2n) is 6.67. The van der Waals surface area contributed by atoms with E-state index in [1.807, 2.05) is 30.3 Å². The van der Waals surface area contributed by atoms with Gasteiger partial charge < -0.3 is 10.1 Å². The summed E-state index contributed by atoms with van der Waals surface area (Å²) in [7, 11) is 1.37. The highest BCUT2D eigenvalue weighted by Gasteiger charge is 2.20. The maximum atomic E-state index is 12.4. The number of nitrogens with one attached hydrogen (secondary N) is 1. The third-order valence-corrected chi connectivity index (χ3v) is 5.69. The average Bonchev–Trinajstić information content (AvgIpc) is 3.05. The summed E-state index contributed by atoms with van der Waals surface area (Å²) >= 11 is 1.34. The normalized spacial score (nSPS) is 14.8. The van der Waals surface area contributed by atoms with E-state index in [-0.39, 0.29) is 18.3 Å². The van der Waals surface area contributed by atoms with Gasteiger partial charge in [-0.25, -0.2) is 4.98 Å². The van der Waals surface area contributed by atoms with E-state index in [1.165, 1.54) is 37.7 Å². The molecule has 2 aromatic rings. The monoisotopic (exact) mass is 372 g/mol. The molecule has 1 amide bonds. The maximum Gasteiger partial charge on any atom is 0.310 e.